The van der Waals surface area contributed by atoms with Crippen LogP contribution in [-0.2, 0) is 14.3 Å². The minimum atomic E-state index is -0.872. The molecule has 0 aromatic carbocycles. The molecule has 0 atom stereocenters. The Bertz CT molecular complexity index is 200. The first kappa shape index (κ1) is 15.4. The third-order valence-electron chi connectivity index (χ3n) is 2.49. The van der Waals surface area contributed by atoms with E-state index in [0.29, 0.717) is 0 Å². The van der Waals surface area contributed by atoms with E-state index in [-0.39, 0.29) is 49.1 Å². The minimum absolute atomic E-state index is 0. The van der Waals surface area contributed by atoms with Crippen molar-refractivity contribution in [3.8, 4) is 0 Å². The molecular weight excluding hydrogens is 207 g/mol. The van der Waals surface area contributed by atoms with E-state index in [1.165, 1.54) is 0 Å². The molecule has 1 aliphatic rings. The zero-order chi connectivity index (χ0) is 10.6. The molecule has 1 heterocycles. The van der Waals surface area contributed by atoms with Gasteiger partial charge in [-0.15, -0.1) is 0 Å². The van der Waals surface area contributed by atoms with Crippen molar-refractivity contribution in [1.29, 1.82) is 0 Å². The summed E-state index contributed by atoms with van der Waals surface area (Å²) in [7, 11) is 0. The molecule has 0 unspecified atom stereocenters. The van der Waals surface area contributed by atoms with Gasteiger partial charge in [0.15, 0.2) is 6.29 Å². The Labute approximate surface area is 113 Å². The van der Waals surface area contributed by atoms with Crippen molar-refractivity contribution < 1.29 is 19.4 Å². The maximum atomic E-state index is 10.8. The van der Waals surface area contributed by atoms with Crippen LogP contribution in [0.3, 0.4) is 0 Å². The zero-order valence-corrected chi connectivity index (χ0v) is 8.78. The third-order valence-corrected chi connectivity index (χ3v) is 2.49. The summed E-state index contributed by atoms with van der Waals surface area (Å²) < 4.78 is 10.7. The van der Waals surface area contributed by atoms with Gasteiger partial charge in [0.25, 0.3) is 0 Å². The van der Waals surface area contributed by atoms with Crippen LogP contribution in [0.25, 0.3) is 0 Å². The summed E-state index contributed by atoms with van der Waals surface area (Å²) in [4.78, 5) is 10.8. The molecule has 1 rings (SSSR count). The predicted molar refractivity (Wildman–Crippen MR) is 58.1 cm³/mol. The summed E-state index contributed by atoms with van der Waals surface area (Å²) >= 11 is 0. The first-order valence-corrected chi connectivity index (χ1v) is 5.05. The van der Waals surface area contributed by atoms with Crippen LogP contribution in [0, 0.1) is 5.41 Å². The van der Waals surface area contributed by atoms with Gasteiger partial charge in [0, 0.05) is 0 Å². The maximum absolute atomic E-state index is 10.8. The number of unbranched alkanes of at least 4 members (excludes halogenated alkanes) is 1. The predicted octanol–water partition coefficient (Wildman–Crippen LogP) is 0.992. The Morgan fingerprint density at radius 3 is 2.40 bits per heavy atom. The van der Waals surface area contributed by atoms with Crippen molar-refractivity contribution in [2.75, 3.05) is 13.2 Å². The SMILES string of the molecule is CCCCC1OCC(C)(C(=O)O)CO1.[NaH]. The quantitative estimate of drug-likeness (QED) is 0.726. The number of carbonyl (C=O) groups is 1. The van der Waals surface area contributed by atoms with Gasteiger partial charge < -0.3 is 14.6 Å². The molecule has 84 valence electrons. The van der Waals surface area contributed by atoms with E-state index in [0.717, 1.165) is 19.3 Å². The molecule has 0 amide bonds. The van der Waals surface area contributed by atoms with E-state index < -0.39 is 11.4 Å². The van der Waals surface area contributed by atoms with Crippen molar-refractivity contribution in [2.24, 2.45) is 5.41 Å². The first-order chi connectivity index (χ1) is 6.58. The number of hydrogen-bond acceptors (Lipinski definition) is 3. The van der Waals surface area contributed by atoms with Crippen molar-refractivity contribution in [3.05, 3.63) is 0 Å². The zero-order valence-electron chi connectivity index (χ0n) is 8.78. The summed E-state index contributed by atoms with van der Waals surface area (Å²) in [6, 6.07) is 0. The van der Waals surface area contributed by atoms with Crippen LogP contribution < -0.4 is 0 Å². The normalized spacial score (nSPS) is 30.7. The molecule has 0 aromatic heterocycles. The van der Waals surface area contributed by atoms with Crippen LogP contribution in [0.2, 0.25) is 0 Å². The van der Waals surface area contributed by atoms with Crippen LogP contribution in [0.1, 0.15) is 33.1 Å². The average molecular weight is 226 g/mol. The van der Waals surface area contributed by atoms with Gasteiger partial charge in [0.1, 0.15) is 5.41 Å². The summed E-state index contributed by atoms with van der Waals surface area (Å²) in [5.41, 5.74) is -0.872. The van der Waals surface area contributed by atoms with Crippen LogP contribution in [0.5, 0.6) is 0 Å². The fourth-order valence-corrected chi connectivity index (χ4v) is 1.30. The van der Waals surface area contributed by atoms with Crippen molar-refractivity contribution in [1.82, 2.24) is 0 Å². The molecule has 1 aliphatic heterocycles. The average Bonchev–Trinajstić information content (AvgIpc) is 2.17. The Kier molecular flexibility index (Phi) is 7.04. The molecular formula is C10H19NaO4. The molecule has 0 saturated carbocycles. The Morgan fingerprint density at radius 1 is 1.47 bits per heavy atom. The molecule has 0 aliphatic carbocycles. The van der Waals surface area contributed by atoms with E-state index in [1.807, 2.05) is 0 Å². The van der Waals surface area contributed by atoms with E-state index >= 15 is 0 Å². The molecule has 0 aromatic rings. The monoisotopic (exact) mass is 226 g/mol. The third kappa shape index (κ3) is 4.41. The topological polar surface area (TPSA) is 55.8 Å². The molecule has 1 saturated heterocycles. The van der Waals surface area contributed by atoms with Gasteiger partial charge in [-0.25, -0.2) is 0 Å². The van der Waals surface area contributed by atoms with Gasteiger partial charge in [0.2, 0.25) is 0 Å². The molecule has 5 heteroatoms. The van der Waals surface area contributed by atoms with Crippen LogP contribution >= 0.6 is 0 Å². The second kappa shape index (κ2) is 6.86. The molecule has 15 heavy (non-hydrogen) atoms. The second-order valence-electron chi connectivity index (χ2n) is 4.06. The number of carboxylic acid groups (broad SMARTS) is 1. The van der Waals surface area contributed by atoms with Crippen molar-refractivity contribution in [2.45, 2.75) is 39.4 Å². The van der Waals surface area contributed by atoms with E-state index in [1.54, 1.807) is 6.92 Å². The van der Waals surface area contributed by atoms with Crippen molar-refractivity contribution in [3.63, 3.8) is 0 Å². The van der Waals surface area contributed by atoms with Crippen LogP contribution in [-0.4, -0.2) is 60.1 Å². The van der Waals surface area contributed by atoms with Crippen molar-refractivity contribution >= 4 is 35.5 Å². The summed E-state index contributed by atoms with van der Waals surface area (Å²) in [5.74, 6) is -0.855. The number of ether oxygens (including phenoxy) is 2. The summed E-state index contributed by atoms with van der Waals surface area (Å²) in [5, 5.41) is 8.90. The Balaban J connectivity index is 0.00000196. The summed E-state index contributed by atoms with van der Waals surface area (Å²) in [6.45, 7) is 4.24. The van der Waals surface area contributed by atoms with Crippen LogP contribution in [0.15, 0.2) is 0 Å². The Hall–Kier alpha value is 0.390. The van der Waals surface area contributed by atoms with E-state index in [2.05, 4.69) is 6.92 Å². The van der Waals surface area contributed by atoms with Gasteiger partial charge in [0.05, 0.1) is 13.2 Å². The van der Waals surface area contributed by atoms with E-state index in [4.69, 9.17) is 14.6 Å². The number of carboxylic acids is 1. The Morgan fingerprint density at radius 2 is 2.00 bits per heavy atom. The summed E-state index contributed by atoms with van der Waals surface area (Å²) in [6.07, 6.45) is 2.79. The number of hydrogen-bond donors (Lipinski definition) is 1. The standard InChI is InChI=1S/C10H18O4.Na.H/c1-3-4-5-8-13-6-10(2,7-14-8)9(11)12;;/h8H,3-7H2,1-2H3,(H,11,12);;. The molecule has 0 bridgehead atoms. The second-order valence-corrected chi connectivity index (χ2v) is 4.06. The van der Waals surface area contributed by atoms with Gasteiger partial charge in [-0.2, -0.15) is 0 Å². The number of rotatable bonds is 4. The fraction of sp³-hybridized carbons (Fsp3) is 0.900. The number of aliphatic carboxylic acids is 1. The van der Waals surface area contributed by atoms with E-state index in [9.17, 15) is 4.79 Å². The fourth-order valence-electron chi connectivity index (χ4n) is 1.30. The molecule has 1 N–H and O–H groups in total. The molecule has 1 fully saturated rings. The molecule has 0 radical (unpaired) electrons. The van der Waals surface area contributed by atoms with Gasteiger partial charge in [-0.1, -0.05) is 13.3 Å². The van der Waals surface area contributed by atoms with Gasteiger partial charge in [-0.3, -0.25) is 4.79 Å². The molecule has 4 nitrogen and oxygen atoms in total. The van der Waals surface area contributed by atoms with Gasteiger partial charge >= 0.3 is 35.5 Å². The van der Waals surface area contributed by atoms with Gasteiger partial charge in [-0.05, 0) is 19.8 Å². The first-order valence-electron chi connectivity index (χ1n) is 5.05. The molecule has 0 spiro atoms. The van der Waals surface area contributed by atoms with Crippen LogP contribution in [0.4, 0.5) is 0 Å².